The summed E-state index contributed by atoms with van der Waals surface area (Å²) in [7, 11) is 0. The number of halogens is 1. The molecule has 4 rings (SSSR count). The Balaban J connectivity index is 1.44. The summed E-state index contributed by atoms with van der Waals surface area (Å²) < 4.78 is 5.29. The van der Waals surface area contributed by atoms with Crippen molar-refractivity contribution in [3.05, 3.63) is 65.4 Å². The van der Waals surface area contributed by atoms with Crippen LogP contribution in [0.15, 0.2) is 64.3 Å². The average Bonchev–Trinajstić information content (AvgIpc) is 3.31. The van der Waals surface area contributed by atoms with Crippen molar-refractivity contribution in [2.24, 2.45) is 0 Å². The van der Waals surface area contributed by atoms with Gasteiger partial charge in [0, 0.05) is 5.56 Å². The van der Waals surface area contributed by atoms with Crippen molar-refractivity contribution in [1.29, 1.82) is 0 Å². The Morgan fingerprint density at radius 1 is 1.00 bits per heavy atom. The molecule has 1 N–H and O–H groups in total. The molecular weight excluding hydrogens is 358 g/mol. The maximum absolute atomic E-state index is 6.14. The van der Waals surface area contributed by atoms with Crippen molar-refractivity contribution in [3.63, 3.8) is 0 Å². The highest BCUT2D eigenvalue weighted by atomic mass is 35.5. The first-order valence-electron chi connectivity index (χ1n) is 7.48. The largest absolute Gasteiger partial charge is 0.334 e. The predicted molar refractivity (Wildman–Crippen MR) is 96.1 cm³/mol. The van der Waals surface area contributed by atoms with Crippen LogP contribution in [-0.4, -0.2) is 25.3 Å². The number of rotatable bonds is 5. The molecule has 2 aromatic heterocycles. The molecule has 0 aliphatic heterocycles. The van der Waals surface area contributed by atoms with Crippen molar-refractivity contribution < 1.29 is 4.52 Å². The van der Waals surface area contributed by atoms with Crippen LogP contribution in [0.5, 0.6) is 0 Å². The summed E-state index contributed by atoms with van der Waals surface area (Å²) in [4.78, 5) is 8.84. The van der Waals surface area contributed by atoms with Crippen LogP contribution in [0.1, 0.15) is 5.82 Å². The number of H-pyrrole nitrogens is 1. The first-order valence-corrected chi connectivity index (χ1v) is 8.84. The van der Waals surface area contributed by atoms with E-state index in [1.54, 1.807) is 6.07 Å². The predicted octanol–water partition coefficient (Wildman–Crippen LogP) is 4.47. The monoisotopic (exact) mass is 369 g/mol. The van der Waals surface area contributed by atoms with Gasteiger partial charge in [-0.2, -0.15) is 4.98 Å². The Kier molecular flexibility index (Phi) is 4.49. The number of nitrogens with one attached hydrogen (secondary N) is 1. The van der Waals surface area contributed by atoms with E-state index in [1.807, 2.05) is 48.5 Å². The van der Waals surface area contributed by atoms with E-state index >= 15 is 0 Å². The molecule has 0 aliphatic rings. The molecule has 0 spiro atoms. The third kappa shape index (κ3) is 3.57. The summed E-state index contributed by atoms with van der Waals surface area (Å²) >= 11 is 7.58. The van der Waals surface area contributed by atoms with Crippen LogP contribution >= 0.6 is 23.4 Å². The highest BCUT2D eigenvalue weighted by Crippen LogP contribution is 2.27. The zero-order valence-corrected chi connectivity index (χ0v) is 14.5. The van der Waals surface area contributed by atoms with Crippen LogP contribution in [-0.2, 0) is 5.75 Å². The van der Waals surface area contributed by atoms with Crippen LogP contribution in [0.25, 0.3) is 22.8 Å². The fraction of sp³-hybridized carbons (Fsp3) is 0.0588. The van der Waals surface area contributed by atoms with E-state index in [0.717, 1.165) is 17.0 Å². The van der Waals surface area contributed by atoms with Crippen molar-refractivity contribution in [2.75, 3.05) is 0 Å². The van der Waals surface area contributed by atoms with Gasteiger partial charge < -0.3 is 4.52 Å². The number of benzene rings is 2. The summed E-state index contributed by atoms with van der Waals surface area (Å²) in [6.45, 7) is 0. The number of thioether (sulfide) groups is 1. The van der Waals surface area contributed by atoms with Crippen LogP contribution in [0, 0.1) is 0 Å². The van der Waals surface area contributed by atoms with E-state index in [-0.39, 0.29) is 0 Å². The zero-order valence-electron chi connectivity index (χ0n) is 12.9. The minimum Gasteiger partial charge on any atom is -0.334 e. The zero-order chi connectivity index (χ0) is 17.1. The topological polar surface area (TPSA) is 80.5 Å². The lowest BCUT2D eigenvalue weighted by Crippen LogP contribution is -1.86. The second kappa shape index (κ2) is 7.08. The van der Waals surface area contributed by atoms with Gasteiger partial charge in [0.15, 0.2) is 11.6 Å². The van der Waals surface area contributed by atoms with E-state index in [4.69, 9.17) is 16.1 Å². The lowest BCUT2D eigenvalue weighted by molar-refractivity contribution is 0.425. The van der Waals surface area contributed by atoms with Crippen molar-refractivity contribution in [3.8, 4) is 22.8 Å². The molecule has 2 heterocycles. The molecule has 0 saturated carbocycles. The number of nitrogens with zero attached hydrogens (tertiary/aromatic N) is 4. The molecular formula is C17H12ClN5OS. The Morgan fingerprint density at radius 2 is 1.80 bits per heavy atom. The standard InChI is InChI=1S/C17H12ClN5OS/c18-13-9-5-4-8-12(13)16-19-14(23-24-16)10-25-17-20-15(21-22-17)11-6-2-1-3-7-11/h1-9H,10H2,(H,20,21,22). The molecule has 0 fully saturated rings. The molecule has 0 radical (unpaired) electrons. The Hall–Kier alpha value is -2.64. The van der Waals surface area contributed by atoms with E-state index < -0.39 is 0 Å². The average molecular weight is 370 g/mol. The van der Waals surface area contributed by atoms with Crippen LogP contribution in [0.2, 0.25) is 5.02 Å². The van der Waals surface area contributed by atoms with Gasteiger partial charge in [-0.3, -0.25) is 5.10 Å². The highest BCUT2D eigenvalue weighted by Gasteiger charge is 2.13. The Bertz CT molecular complexity index is 985. The fourth-order valence-electron chi connectivity index (χ4n) is 2.22. The highest BCUT2D eigenvalue weighted by molar-refractivity contribution is 7.98. The molecule has 0 atom stereocenters. The third-order valence-electron chi connectivity index (χ3n) is 3.41. The van der Waals surface area contributed by atoms with Gasteiger partial charge in [-0.1, -0.05) is 71.0 Å². The quantitative estimate of drug-likeness (QED) is 0.523. The van der Waals surface area contributed by atoms with Crippen LogP contribution in [0.4, 0.5) is 0 Å². The maximum atomic E-state index is 6.14. The number of aromatic nitrogens is 5. The summed E-state index contributed by atoms with van der Waals surface area (Å²) in [5.74, 6) is 2.19. The molecule has 8 heteroatoms. The molecule has 25 heavy (non-hydrogen) atoms. The van der Waals surface area contributed by atoms with Gasteiger partial charge in [-0.15, -0.1) is 5.10 Å². The van der Waals surface area contributed by atoms with Gasteiger partial charge in [0.2, 0.25) is 5.16 Å². The second-order valence-corrected chi connectivity index (χ2v) is 6.47. The van der Waals surface area contributed by atoms with E-state index in [1.165, 1.54) is 11.8 Å². The SMILES string of the molecule is Clc1ccccc1-c1nc(CSc2n[nH]c(-c3ccccc3)n2)no1. The van der Waals surface area contributed by atoms with Gasteiger partial charge in [-0.25, -0.2) is 4.98 Å². The normalized spacial score (nSPS) is 10.9. The summed E-state index contributed by atoms with van der Waals surface area (Å²) in [6.07, 6.45) is 0. The van der Waals surface area contributed by atoms with Crippen molar-refractivity contribution >= 4 is 23.4 Å². The number of aromatic amines is 1. The third-order valence-corrected chi connectivity index (χ3v) is 4.59. The fourth-order valence-corrected chi connectivity index (χ4v) is 3.08. The van der Waals surface area contributed by atoms with Gasteiger partial charge in [0.25, 0.3) is 5.89 Å². The lowest BCUT2D eigenvalue weighted by Gasteiger charge is -1.95. The van der Waals surface area contributed by atoms with E-state index in [0.29, 0.717) is 27.6 Å². The first kappa shape index (κ1) is 15.9. The molecule has 0 aliphatic carbocycles. The van der Waals surface area contributed by atoms with Gasteiger partial charge in [-0.05, 0) is 12.1 Å². The van der Waals surface area contributed by atoms with Crippen LogP contribution in [0.3, 0.4) is 0 Å². The molecule has 124 valence electrons. The molecule has 0 amide bonds. The first-order chi connectivity index (χ1) is 12.3. The maximum Gasteiger partial charge on any atom is 0.259 e. The van der Waals surface area contributed by atoms with Gasteiger partial charge in [0.05, 0.1) is 16.3 Å². The number of hydrogen-bond donors (Lipinski definition) is 1. The Morgan fingerprint density at radius 3 is 2.64 bits per heavy atom. The molecule has 0 saturated heterocycles. The van der Waals surface area contributed by atoms with Crippen molar-refractivity contribution in [1.82, 2.24) is 25.3 Å². The van der Waals surface area contributed by atoms with Crippen molar-refractivity contribution in [2.45, 2.75) is 10.9 Å². The lowest BCUT2D eigenvalue weighted by atomic mass is 10.2. The molecule has 0 unspecified atom stereocenters. The number of hydrogen-bond acceptors (Lipinski definition) is 6. The van der Waals surface area contributed by atoms with E-state index in [9.17, 15) is 0 Å². The smallest absolute Gasteiger partial charge is 0.259 e. The molecule has 6 nitrogen and oxygen atoms in total. The Labute approximate surface area is 152 Å². The van der Waals surface area contributed by atoms with Gasteiger partial charge in [0.1, 0.15) is 0 Å². The molecule has 2 aromatic carbocycles. The minimum absolute atomic E-state index is 0.404. The minimum atomic E-state index is 0.404. The molecule has 4 aromatic rings. The summed E-state index contributed by atoms with van der Waals surface area (Å²) in [5, 5.41) is 12.3. The van der Waals surface area contributed by atoms with E-state index in [2.05, 4.69) is 25.3 Å². The molecule has 0 bridgehead atoms. The van der Waals surface area contributed by atoms with Crippen LogP contribution < -0.4 is 0 Å². The second-order valence-electron chi connectivity index (χ2n) is 5.12. The van der Waals surface area contributed by atoms with Gasteiger partial charge >= 0.3 is 0 Å². The summed E-state index contributed by atoms with van der Waals surface area (Å²) in [6, 6.07) is 17.2. The summed E-state index contributed by atoms with van der Waals surface area (Å²) in [5.41, 5.74) is 1.71.